The van der Waals surface area contributed by atoms with E-state index in [2.05, 4.69) is 38.1 Å². The van der Waals surface area contributed by atoms with E-state index in [9.17, 15) is 4.79 Å². The highest BCUT2D eigenvalue weighted by Crippen LogP contribution is 2.45. The molecule has 30 heavy (non-hydrogen) atoms. The number of guanidine groups is 1. The van der Waals surface area contributed by atoms with Gasteiger partial charge in [0.15, 0.2) is 6.17 Å². The Bertz CT molecular complexity index is 970. The van der Waals surface area contributed by atoms with Crippen molar-refractivity contribution in [2.24, 2.45) is 38.5 Å². The van der Waals surface area contributed by atoms with Crippen molar-refractivity contribution in [2.75, 3.05) is 11.9 Å². The summed E-state index contributed by atoms with van der Waals surface area (Å²) in [6, 6.07) is 7.34. The molecule has 2 heterocycles. The fourth-order valence-electron chi connectivity index (χ4n) is 4.72. The Hall–Kier alpha value is -3.36. The number of hydrogen-bond donors (Lipinski definition) is 4. The lowest BCUT2D eigenvalue weighted by molar-refractivity contribution is -0.122. The smallest absolute Gasteiger partial charge is 0.223 e. The van der Waals surface area contributed by atoms with Crippen LogP contribution in [-0.2, 0) is 4.79 Å². The molecule has 1 saturated carbocycles. The fraction of sp³-hybridized carbons (Fsp3) is 0.429. The van der Waals surface area contributed by atoms with Gasteiger partial charge >= 0.3 is 0 Å². The number of nitrogens with one attached hydrogen (secondary N) is 3. The lowest BCUT2D eigenvalue weighted by atomic mass is 9.88. The number of amidine groups is 1. The molecule has 2 aliphatic heterocycles. The average molecular weight is 407 g/mol. The van der Waals surface area contributed by atoms with E-state index >= 15 is 0 Å². The van der Waals surface area contributed by atoms with Crippen molar-refractivity contribution in [1.82, 2.24) is 10.6 Å². The van der Waals surface area contributed by atoms with E-state index in [4.69, 9.17) is 15.5 Å². The molecule has 1 aromatic carbocycles. The summed E-state index contributed by atoms with van der Waals surface area (Å²) in [7, 11) is 0. The molecule has 5 N–H and O–H groups in total. The molecule has 0 saturated heterocycles. The number of nitrogens with zero attached hydrogens (tertiary/aromatic N) is 3. The summed E-state index contributed by atoms with van der Waals surface area (Å²) >= 11 is 0. The normalized spacial score (nSPS) is 34.3. The summed E-state index contributed by atoms with van der Waals surface area (Å²) in [6.45, 7) is 2.55. The molecule has 6 unspecified atom stereocenters. The second kappa shape index (κ2) is 7.47. The van der Waals surface area contributed by atoms with Crippen LogP contribution in [0.1, 0.15) is 13.3 Å². The number of allylic oxidation sites excluding steroid dienone is 1. The number of amides is 1. The molecule has 1 fully saturated rings. The number of nitrogens with two attached hydrogens (primary N) is 1. The molecule has 1 amide bonds. The van der Waals surface area contributed by atoms with Crippen LogP contribution >= 0.6 is 0 Å². The molecule has 9 heteroatoms. The zero-order chi connectivity index (χ0) is 20.7. The van der Waals surface area contributed by atoms with Gasteiger partial charge in [0, 0.05) is 17.7 Å². The predicted molar refractivity (Wildman–Crippen MR) is 116 cm³/mol. The van der Waals surface area contributed by atoms with Gasteiger partial charge in [0.1, 0.15) is 17.6 Å². The van der Waals surface area contributed by atoms with Gasteiger partial charge in [-0.2, -0.15) is 0 Å². The lowest BCUT2D eigenvalue weighted by Crippen LogP contribution is -2.55. The summed E-state index contributed by atoms with van der Waals surface area (Å²) in [5, 5.41) is 9.79. The Morgan fingerprint density at radius 3 is 3.07 bits per heavy atom. The number of carbonyl (C=O) groups excluding carboxylic acids is 1. The topological polar surface area (TPSA) is 125 Å². The van der Waals surface area contributed by atoms with Crippen molar-refractivity contribution < 1.29 is 9.53 Å². The monoisotopic (exact) mass is 407 g/mol. The number of ether oxygens (including phenoxy) is 1. The quantitative estimate of drug-likeness (QED) is 0.539. The number of primary amides is 1. The van der Waals surface area contributed by atoms with Crippen LogP contribution in [0.15, 0.2) is 51.4 Å². The third-order valence-electron chi connectivity index (χ3n) is 6.02. The van der Waals surface area contributed by atoms with Crippen molar-refractivity contribution in [3.8, 4) is 5.75 Å². The molecule has 4 aliphatic rings. The van der Waals surface area contributed by atoms with Crippen LogP contribution in [0.2, 0.25) is 0 Å². The van der Waals surface area contributed by atoms with Gasteiger partial charge in [0.05, 0.1) is 24.9 Å². The Labute approximate surface area is 174 Å². The van der Waals surface area contributed by atoms with Gasteiger partial charge in [-0.25, -0.2) is 9.98 Å². The molecule has 2 bridgehead atoms. The first-order valence-electron chi connectivity index (χ1n) is 10.3. The van der Waals surface area contributed by atoms with Gasteiger partial charge in [-0.15, -0.1) is 0 Å². The Morgan fingerprint density at radius 2 is 2.23 bits per heavy atom. The number of hydrogen-bond acceptors (Lipinski definition) is 7. The molecule has 5 rings (SSSR count). The standard InChI is InChI=1S/C21H25N7O2/c1-2-30-14-5-3-4-13(9-14)25-21-27-19-17(23-10-24-19)20(28-21)26-16-12-7-6-11(8-12)15(16)18(22)29/h3-7,9-12,15-17,19H,2,8H2,1H3,(H2,22,29)(H,23,24)(H2,25,26,27,28). The zero-order valence-corrected chi connectivity index (χ0v) is 16.7. The Kier molecular flexibility index (Phi) is 4.65. The van der Waals surface area contributed by atoms with Crippen LogP contribution in [0.25, 0.3) is 0 Å². The molecule has 0 aromatic heterocycles. The fourth-order valence-corrected chi connectivity index (χ4v) is 4.72. The molecular weight excluding hydrogens is 382 g/mol. The maximum atomic E-state index is 12.1. The van der Waals surface area contributed by atoms with Crippen molar-refractivity contribution >= 4 is 29.7 Å². The second-order valence-corrected chi connectivity index (χ2v) is 7.91. The number of anilines is 1. The largest absolute Gasteiger partial charge is 0.494 e. The first-order valence-corrected chi connectivity index (χ1v) is 10.3. The summed E-state index contributed by atoms with van der Waals surface area (Å²) in [6.07, 6.45) is 6.52. The van der Waals surface area contributed by atoms with Crippen LogP contribution in [0.3, 0.4) is 0 Å². The van der Waals surface area contributed by atoms with Crippen molar-refractivity contribution in [3.63, 3.8) is 0 Å². The first-order chi connectivity index (χ1) is 14.6. The lowest BCUT2D eigenvalue weighted by Gasteiger charge is -2.29. The highest BCUT2D eigenvalue weighted by Gasteiger charge is 2.48. The van der Waals surface area contributed by atoms with Crippen LogP contribution in [0.4, 0.5) is 5.69 Å². The molecular formula is C21H25N7O2. The Balaban J connectivity index is 1.40. The molecule has 156 valence electrons. The maximum absolute atomic E-state index is 12.1. The minimum Gasteiger partial charge on any atom is -0.494 e. The third kappa shape index (κ3) is 3.30. The van der Waals surface area contributed by atoms with E-state index in [1.165, 1.54) is 0 Å². The van der Waals surface area contributed by atoms with Crippen molar-refractivity contribution in [3.05, 3.63) is 36.4 Å². The molecule has 6 atom stereocenters. The highest BCUT2D eigenvalue weighted by molar-refractivity contribution is 6.10. The summed E-state index contributed by atoms with van der Waals surface area (Å²) in [5.41, 5.74) is 6.55. The van der Waals surface area contributed by atoms with E-state index in [0.717, 1.165) is 17.9 Å². The number of rotatable bonds is 5. The number of aliphatic imine (C=N–C) groups is 3. The van der Waals surface area contributed by atoms with E-state index in [-0.39, 0.29) is 41.9 Å². The minimum absolute atomic E-state index is 0.163. The summed E-state index contributed by atoms with van der Waals surface area (Å²) < 4.78 is 5.57. The number of carbonyl (C=O) groups is 1. The van der Waals surface area contributed by atoms with Gasteiger partial charge in [-0.1, -0.05) is 18.2 Å². The highest BCUT2D eigenvalue weighted by atomic mass is 16.5. The van der Waals surface area contributed by atoms with Gasteiger partial charge in [-0.3, -0.25) is 9.79 Å². The SMILES string of the molecule is CCOc1cccc(NC2=NC3N=CNC3C(=NC3C4C=CC(C4)C3C(N)=O)N2)c1. The van der Waals surface area contributed by atoms with E-state index in [1.54, 1.807) is 6.34 Å². The van der Waals surface area contributed by atoms with Crippen molar-refractivity contribution in [2.45, 2.75) is 31.6 Å². The third-order valence-corrected chi connectivity index (χ3v) is 6.02. The number of fused-ring (bicyclic) bond motifs is 3. The molecule has 2 aliphatic carbocycles. The zero-order valence-electron chi connectivity index (χ0n) is 16.7. The molecule has 0 spiro atoms. The predicted octanol–water partition coefficient (Wildman–Crippen LogP) is 0.857. The summed E-state index contributed by atoms with van der Waals surface area (Å²) in [5.74, 6) is 1.91. The average Bonchev–Trinajstić information content (AvgIpc) is 3.44. The van der Waals surface area contributed by atoms with Gasteiger partial charge in [0.25, 0.3) is 0 Å². The molecule has 9 nitrogen and oxygen atoms in total. The molecule has 1 aromatic rings. The first kappa shape index (κ1) is 18.7. The van der Waals surface area contributed by atoms with Crippen LogP contribution in [0, 0.1) is 17.8 Å². The second-order valence-electron chi connectivity index (χ2n) is 7.91. The van der Waals surface area contributed by atoms with Gasteiger partial charge in [0.2, 0.25) is 11.9 Å². The van der Waals surface area contributed by atoms with Crippen LogP contribution < -0.4 is 26.4 Å². The number of benzene rings is 1. The Morgan fingerprint density at radius 1 is 1.37 bits per heavy atom. The van der Waals surface area contributed by atoms with Gasteiger partial charge < -0.3 is 26.4 Å². The van der Waals surface area contributed by atoms with E-state index in [0.29, 0.717) is 18.4 Å². The minimum atomic E-state index is -0.316. The van der Waals surface area contributed by atoms with Gasteiger partial charge in [-0.05, 0) is 31.4 Å². The van der Waals surface area contributed by atoms with E-state index in [1.807, 2.05) is 31.2 Å². The maximum Gasteiger partial charge on any atom is 0.223 e. The summed E-state index contributed by atoms with van der Waals surface area (Å²) in [4.78, 5) is 26.1. The van der Waals surface area contributed by atoms with Crippen molar-refractivity contribution in [1.29, 1.82) is 0 Å². The van der Waals surface area contributed by atoms with Crippen LogP contribution in [0.5, 0.6) is 5.75 Å². The van der Waals surface area contributed by atoms with Crippen LogP contribution in [-0.4, -0.2) is 48.9 Å². The molecule has 0 radical (unpaired) electrons. The van der Waals surface area contributed by atoms with E-state index < -0.39 is 0 Å².